The first-order valence-electron chi connectivity index (χ1n) is 6.80. The molecular weight excluding hydrogens is 246 g/mol. The first kappa shape index (κ1) is 14.3. The maximum Gasteiger partial charge on any atom is 0.146 e. The van der Waals surface area contributed by atoms with Gasteiger partial charge in [-0.1, -0.05) is 0 Å². The van der Waals surface area contributed by atoms with Crippen molar-refractivity contribution in [1.29, 1.82) is 0 Å². The predicted octanol–water partition coefficient (Wildman–Crippen LogP) is 3.18. The summed E-state index contributed by atoms with van der Waals surface area (Å²) in [5, 5.41) is 3.47. The molecular formula is C15H22F2N2. The lowest BCUT2D eigenvalue weighted by Crippen LogP contribution is -2.39. The molecule has 1 unspecified atom stereocenters. The van der Waals surface area contributed by atoms with Gasteiger partial charge in [0.2, 0.25) is 0 Å². The van der Waals surface area contributed by atoms with Crippen molar-refractivity contribution in [2.24, 2.45) is 5.92 Å². The molecule has 1 fully saturated rings. The molecule has 1 aromatic rings. The number of nitrogens with zero attached hydrogens (tertiary/aromatic N) is 1. The molecule has 2 nitrogen and oxygen atoms in total. The highest BCUT2D eigenvalue weighted by atomic mass is 19.1. The summed E-state index contributed by atoms with van der Waals surface area (Å²) in [6.45, 7) is 8.88. The minimum absolute atomic E-state index is 0.0948. The Labute approximate surface area is 113 Å². The standard InChI is InChI=1S/C15H22F2N2/c1-15(2,3)18-9-11-6-7-19(10-11)14-8-12(16)4-5-13(14)17/h4-5,8,11,18H,6-7,9-10H2,1-3H3. The fourth-order valence-electron chi connectivity index (χ4n) is 2.40. The smallest absolute Gasteiger partial charge is 0.146 e. The first-order chi connectivity index (χ1) is 8.85. The molecule has 1 aliphatic rings. The van der Waals surface area contributed by atoms with Crippen LogP contribution in [0.3, 0.4) is 0 Å². The zero-order chi connectivity index (χ0) is 14.0. The summed E-state index contributed by atoms with van der Waals surface area (Å²) in [5.74, 6) is -0.236. The topological polar surface area (TPSA) is 15.3 Å². The number of rotatable bonds is 3. The molecule has 106 valence electrons. The average molecular weight is 268 g/mol. The van der Waals surface area contributed by atoms with Gasteiger partial charge < -0.3 is 10.2 Å². The second-order valence-electron chi connectivity index (χ2n) is 6.33. The second kappa shape index (κ2) is 5.45. The van der Waals surface area contributed by atoms with Crippen LogP contribution >= 0.6 is 0 Å². The molecule has 1 saturated heterocycles. The van der Waals surface area contributed by atoms with Crippen LogP contribution in [0.25, 0.3) is 0 Å². The number of anilines is 1. The molecule has 0 aliphatic carbocycles. The molecule has 0 amide bonds. The lowest BCUT2D eigenvalue weighted by atomic mass is 10.1. The van der Waals surface area contributed by atoms with Gasteiger partial charge in [-0.25, -0.2) is 8.78 Å². The van der Waals surface area contributed by atoms with E-state index in [1.165, 1.54) is 12.1 Å². The van der Waals surface area contributed by atoms with Crippen molar-refractivity contribution < 1.29 is 8.78 Å². The van der Waals surface area contributed by atoms with E-state index in [9.17, 15) is 8.78 Å². The van der Waals surface area contributed by atoms with Crippen molar-refractivity contribution in [2.45, 2.75) is 32.7 Å². The van der Waals surface area contributed by atoms with Crippen molar-refractivity contribution in [3.8, 4) is 0 Å². The van der Waals surface area contributed by atoms with Gasteiger partial charge in [-0.2, -0.15) is 0 Å². The summed E-state index contributed by atoms with van der Waals surface area (Å²) in [5.41, 5.74) is 0.482. The quantitative estimate of drug-likeness (QED) is 0.905. The Balaban J connectivity index is 1.96. The molecule has 2 rings (SSSR count). The molecule has 4 heteroatoms. The van der Waals surface area contributed by atoms with Gasteiger partial charge in [-0.05, 0) is 45.2 Å². The molecule has 0 aromatic heterocycles. The van der Waals surface area contributed by atoms with Crippen LogP contribution in [-0.4, -0.2) is 25.2 Å². The zero-order valence-electron chi connectivity index (χ0n) is 11.8. The van der Waals surface area contributed by atoms with Gasteiger partial charge in [0, 0.05) is 31.2 Å². The number of nitrogens with one attached hydrogen (secondary N) is 1. The monoisotopic (exact) mass is 268 g/mol. The van der Waals surface area contributed by atoms with Crippen LogP contribution in [0, 0.1) is 17.6 Å². The fraction of sp³-hybridized carbons (Fsp3) is 0.600. The minimum Gasteiger partial charge on any atom is -0.369 e. The van der Waals surface area contributed by atoms with Crippen LogP contribution < -0.4 is 10.2 Å². The highest BCUT2D eigenvalue weighted by molar-refractivity contribution is 5.48. The van der Waals surface area contributed by atoms with Crippen LogP contribution in [0.2, 0.25) is 0 Å². The summed E-state index contributed by atoms with van der Waals surface area (Å²) in [6, 6.07) is 3.65. The number of hydrogen-bond donors (Lipinski definition) is 1. The van der Waals surface area contributed by atoms with Gasteiger partial charge in [0.15, 0.2) is 0 Å². The molecule has 0 spiro atoms. The highest BCUT2D eigenvalue weighted by Gasteiger charge is 2.25. The van der Waals surface area contributed by atoms with Gasteiger partial charge >= 0.3 is 0 Å². The van der Waals surface area contributed by atoms with Gasteiger partial charge in [0.05, 0.1) is 5.69 Å². The molecule has 0 saturated carbocycles. The summed E-state index contributed by atoms with van der Waals surface area (Å²) in [4.78, 5) is 1.94. The van der Waals surface area contributed by atoms with Crippen LogP contribution in [-0.2, 0) is 0 Å². The second-order valence-corrected chi connectivity index (χ2v) is 6.33. The van der Waals surface area contributed by atoms with Crippen molar-refractivity contribution in [1.82, 2.24) is 5.32 Å². The molecule has 1 heterocycles. The summed E-state index contributed by atoms with van der Waals surface area (Å²) < 4.78 is 26.9. The van der Waals surface area contributed by atoms with E-state index in [1.54, 1.807) is 0 Å². The molecule has 1 aliphatic heterocycles. The van der Waals surface area contributed by atoms with E-state index in [0.29, 0.717) is 11.6 Å². The molecule has 19 heavy (non-hydrogen) atoms. The molecule has 0 radical (unpaired) electrons. The van der Waals surface area contributed by atoms with E-state index in [-0.39, 0.29) is 17.2 Å². The Morgan fingerprint density at radius 2 is 2.05 bits per heavy atom. The lowest BCUT2D eigenvalue weighted by molar-refractivity contribution is 0.383. The van der Waals surface area contributed by atoms with Gasteiger partial charge in [0.25, 0.3) is 0 Å². The van der Waals surface area contributed by atoms with Crippen LogP contribution in [0.5, 0.6) is 0 Å². The molecule has 1 aromatic carbocycles. The van der Waals surface area contributed by atoms with E-state index < -0.39 is 0 Å². The largest absolute Gasteiger partial charge is 0.369 e. The SMILES string of the molecule is CC(C)(C)NCC1CCN(c2cc(F)ccc2F)C1. The van der Waals surface area contributed by atoms with Crippen LogP contribution in [0.4, 0.5) is 14.5 Å². The average Bonchev–Trinajstić information content (AvgIpc) is 2.77. The van der Waals surface area contributed by atoms with Crippen molar-refractivity contribution in [3.63, 3.8) is 0 Å². The predicted molar refractivity (Wildman–Crippen MR) is 74.4 cm³/mol. The van der Waals surface area contributed by atoms with Crippen LogP contribution in [0.1, 0.15) is 27.2 Å². The fourth-order valence-corrected chi connectivity index (χ4v) is 2.40. The van der Waals surface area contributed by atoms with E-state index in [4.69, 9.17) is 0 Å². The first-order valence-corrected chi connectivity index (χ1v) is 6.80. The maximum absolute atomic E-state index is 13.7. The Morgan fingerprint density at radius 1 is 1.32 bits per heavy atom. The van der Waals surface area contributed by atoms with Crippen molar-refractivity contribution >= 4 is 5.69 Å². The van der Waals surface area contributed by atoms with Crippen molar-refractivity contribution in [2.75, 3.05) is 24.5 Å². The number of benzene rings is 1. The normalized spacial score (nSPS) is 20.1. The number of halogens is 2. The third-order valence-electron chi connectivity index (χ3n) is 3.46. The Kier molecular flexibility index (Phi) is 4.09. The summed E-state index contributed by atoms with van der Waals surface area (Å²) in [6.07, 6.45) is 1.01. The van der Waals surface area contributed by atoms with Gasteiger partial charge in [0.1, 0.15) is 11.6 Å². The van der Waals surface area contributed by atoms with Crippen molar-refractivity contribution in [3.05, 3.63) is 29.8 Å². The van der Waals surface area contributed by atoms with Gasteiger partial charge in [-0.15, -0.1) is 0 Å². The van der Waals surface area contributed by atoms with Gasteiger partial charge in [-0.3, -0.25) is 0 Å². The molecule has 1 N–H and O–H groups in total. The van der Waals surface area contributed by atoms with Crippen LogP contribution in [0.15, 0.2) is 18.2 Å². The Bertz CT molecular complexity index is 440. The molecule has 0 bridgehead atoms. The highest BCUT2D eigenvalue weighted by Crippen LogP contribution is 2.27. The minimum atomic E-state index is -0.382. The number of hydrogen-bond acceptors (Lipinski definition) is 2. The van der Waals surface area contributed by atoms with E-state index in [1.807, 2.05) is 4.90 Å². The van der Waals surface area contributed by atoms with E-state index in [0.717, 1.165) is 32.1 Å². The zero-order valence-corrected chi connectivity index (χ0v) is 11.8. The third-order valence-corrected chi connectivity index (χ3v) is 3.46. The lowest BCUT2D eigenvalue weighted by Gasteiger charge is -2.24. The van der Waals surface area contributed by atoms with E-state index >= 15 is 0 Å². The Hall–Kier alpha value is -1.16. The third kappa shape index (κ3) is 3.90. The summed E-state index contributed by atoms with van der Waals surface area (Å²) in [7, 11) is 0. The maximum atomic E-state index is 13.7. The summed E-state index contributed by atoms with van der Waals surface area (Å²) >= 11 is 0. The molecule has 1 atom stereocenters. The Morgan fingerprint density at radius 3 is 2.74 bits per heavy atom. The van der Waals surface area contributed by atoms with E-state index in [2.05, 4.69) is 26.1 Å².